The highest BCUT2D eigenvalue weighted by molar-refractivity contribution is 6.00. The van der Waals surface area contributed by atoms with E-state index in [1.807, 2.05) is 63.2 Å². The summed E-state index contributed by atoms with van der Waals surface area (Å²) < 4.78 is 5.34. The van der Waals surface area contributed by atoms with Gasteiger partial charge in [-0.25, -0.2) is 4.79 Å². The molecule has 0 spiro atoms. The fourth-order valence-electron chi connectivity index (χ4n) is 4.25. The average molecular weight is 534 g/mol. The smallest absolute Gasteiger partial charge is 0.408 e. The first-order chi connectivity index (χ1) is 18.2. The molecule has 3 aromatic carbocycles. The van der Waals surface area contributed by atoms with Crippen LogP contribution in [0.15, 0.2) is 66.7 Å². The van der Waals surface area contributed by atoms with Gasteiger partial charge in [-0.05, 0) is 88.6 Å². The highest BCUT2D eigenvalue weighted by Crippen LogP contribution is 2.34. The SMILES string of the molecule is CCC(C)(C)N(C(=O)C(C)NC(=O)OC(C)(C)C)C(C(=O)Nc1ccc2ccccc2c1)c1ccc(O)cc1. The number of alkyl carbamates (subject to hydrolysis) is 1. The summed E-state index contributed by atoms with van der Waals surface area (Å²) in [7, 11) is 0. The molecule has 3 aromatic rings. The average Bonchev–Trinajstić information content (AvgIpc) is 2.86. The molecule has 2 unspecified atom stereocenters. The van der Waals surface area contributed by atoms with Crippen LogP contribution in [0, 0.1) is 0 Å². The molecule has 0 radical (unpaired) electrons. The van der Waals surface area contributed by atoms with Gasteiger partial charge in [0.1, 0.15) is 23.4 Å². The number of amides is 3. The molecule has 3 amide bonds. The summed E-state index contributed by atoms with van der Waals surface area (Å²) >= 11 is 0. The summed E-state index contributed by atoms with van der Waals surface area (Å²) in [5, 5.41) is 17.5. The van der Waals surface area contributed by atoms with E-state index in [1.165, 1.54) is 17.0 Å². The van der Waals surface area contributed by atoms with Crippen molar-refractivity contribution in [2.45, 2.75) is 78.1 Å². The molecule has 0 heterocycles. The van der Waals surface area contributed by atoms with Gasteiger partial charge in [0.25, 0.3) is 5.91 Å². The van der Waals surface area contributed by atoms with Gasteiger partial charge in [-0.1, -0.05) is 49.4 Å². The van der Waals surface area contributed by atoms with Gasteiger partial charge in [-0.3, -0.25) is 9.59 Å². The maximum Gasteiger partial charge on any atom is 0.408 e. The molecule has 0 aliphatic heterocycles. The fourth-order valence-corrected chi connectivity index (χ4v) is 4.25. The van der Waals surface area contributed by atoms with Crippen LogP contribution >= 0.6 is 0 Å². The molecule has 0 saturated heterocycles. The number of nitrogens with one attached hydrogen (secondary N) is 2. The van der Waals surface area contributed by atoms with Crippen molar-refractivity contribution in [2.24, 2.45) is 0 Å². The molecule has 39 heavy (non-hydrogen) atoms. The lowest BCUT2D eigenvalue weighted by Crippen LogP contribution is -2.58. The number of hydrogen-bond donors (Lipinski definition) is 3. The molecule has 0 fully saturated rings. The second-order valence-corrected chi connectivity index (χ2v) is 11.3. The zero-order valence-corrected chi connectivity index (χ0v) is 23.7. The lowest BCUT2D eigenvalue weighted by Gasteiger charge is -2.44. The van der Waals surface area contributed by atoms with E-state index in [0.29, 0.717) is 17.7 Å². The Bertz CT molecular complexity index is 1330. The molecule has 3 N–H and O–H groups in total. The van der Waals surface area contributed by atoms with Crippen LogP contribution in [0.2, 0.25) is 0 Å². The molecule has 0 aliphatic carbocycles. The molecule has 0 aliphatic rings. The van der Waals surface area contributed by atoms with Crippen molar-refractivity contribution in [1.82, 2.24) is 10.2 Å². The Balaban J connectivity index is 2.02. The number of phenolic OH excluding ortho intramolecular Hbond substituents is 1. The standard InChI is InChI=1S/C31H39N3O5/c1-8-31(6,7)34(28(37)20(2)32-29(38)39-30(3,4)5)26(22-14-17-25(35)18-15-22)27(36)33-24-16-13-21-11-9-10-12-23(21)19-24/h9-20,26,35H,8H2,1-7H3,(H,32,38)(H,33,36). The second-order valence-electron chi connectivity index (χ2n) is 11.3. The monoisotopic (exact) mass is 533 g/mol. The number of rotatable bonds is 8. The number of nitrogens with zero attached hydrogens (tertiary/aromatic N) is 1. The summed E-state index contributed by atoms with van der Waals surface area (Å²) in [6, 6.07) is 17.6. The number of aromatic hydroxyl groups is 1. The predicted molar refractivity (Wildman–Crippen MR) is 153 cm³/mol. The van der Waals surface area contributed by atoms with E-state index in [1.54, 1.807) is 39.8 Å². The van der Waals surface area contributed by atoms with E-state index in [4.69, 9.17) is 4.74 Å². The van der Waals surface area contributed by atoms with E-state index in [0.717, 1.165) is 10.8 Å². The molecular formula is C31H39N3O5. The lowest BCUT2D eigenvalue weighted by molar-refractivity contribution is -0.147. The van der Waals surface area contributed by atoms with Crippen molar-refractivity contribution in [3.05, 3.63) is 72.3 Å². The number of ether oxygens (including phenoxy) is 1. The Morgan fingerprint density at radius 2 is 1.54 bits per heavy atom. The Kier molecular flexibility index (Phi) is 8.89. The topological polar surface area (TPSA) is 108 Å². The van der Waals surface area contributed by atoms with Crippen LogP contribution in [0.1, 0.15) is 66.5 Å². The maximum atomic E-state index is 14.0. The normalized spacial score (nSPS) is 13.3. The molecule has 3 rings (SSSR count). The van der Waals surface area contributed by atoms with E-state index < -0.39 is 41.1 Å². The van der Waals surface area contributed by atoms with Gasteiger partial charge in [0.2, 0.25) is 5.91 Å². The quantitative estimate of drug-likeness (QED) is 0.322. The summed E-state index contributed by atoms with van der Waals surface area (Å²) in [4.78, 5) is 42.0. The second kappa shape index (κ2) is 11.8. The first-order valence-corrected chi connectivity index (χ1v) is 13.1. The number of carbonyl (C=O) groups excluding carboxylic acids is 3. The minimum absolute atomic E-state index is 0.0417. The minimum Gasteiger partial charge on any atom is -0.508 e. The van der Waals surface area contributed by atoms with Crippen molar-refractivity contribution >= 4 is 34.4 Å². The van der Waals surface area contributed by atoms with Crippen molar-refractivity contribution in [3.8, 4) is 5.75 Å². The number of fused-ring (bicyclic) bond motifs is 1. The molecule has 208 valence electrons. The molecule has 0 bridgehead atoms. The van der Waals surface area contributed by atoms with E-state index in [2.05, 4.69) is 10.6 Å². The molecule has 8 nitrogen and oxygen atoms in total. The first kappa shape index (κ1) is 29.5. The first-order valence-electron chi connectivity index (χ1n) is 13.1. The number of phenols is 1. The van der Waals surface area contributed by atoms with Crippen LogP contribution in [-0.2, 0) is 14.3 Å². The van der Waals surface area contributed by atoms with Gasteiger partial charge in [0, 0.05) is 11.2 Å². The van der Waals surface area contributed by atoms with Crippen LogP contribution in [0.3, 0.4) is 0 Å². The molecular weight excluding hydrogens is 494 g/mol. The maximum absolute atomic E-state index is 14.0. The van der Waals surface area contributed by atoms with Crippen LogP contribution in [-0.4, -0.2) is 45.1 Å². The number of benzene rings is 3. The number of hydrogen-bond acceptors (Lipinski definition) is 5. The number of carbonyl (C=O) groups is 3. The van der Waals surface area contributed by atoms with E-state index in [9.17, 15) is 19.5 Å². The minimum atomic E-state index is -1.05. The van der Waals surface area contributed by atoms with Crippen molar-refractivity contribution in [3.63, 3.8) is 0 Å². The van der Waals surface area contributed by atoms with Gasteiger partial charge < -0.3 is 25.4 Å². The molecule has 8 heteroatoms. The number of anilines is 1. The zero-order valence-electron chi connectivity index (χ0n) is 23.7. The summed E-state index contributed by atoms with van der Waals surface area (Å²) in [6.07, 6.45) is -0.185. The van der Waals surface area contributed by atoms with E-state index >= 15 is 0 Å². The summed E-state index contributed by atoms with van der Waals surface area (Å²) in [5.74, 6) is -0.824. The van der Waals surface area contributed by atoms with Gasteiger partial charge in [-0.2, -0.15) is 0 Å². The third-order valence-electron chi connectivity index (χ3n) is 6.59. The Labute approximate surface area is 230 Å². The Hall–Kier alpha value is -4.07. The molecule has 0 aromatic heterocycles. The van der Waals surface area contributed by atoms with Gasteiger partial charge in [0.05, 0.1) is 0 Å². The lowest BCUT2D eigenvalue weighted by atomic mass is 9.92. The zero-order chi connectivity index (χ0) is 29.0. The van der Waals surface area contributed by atoms with Crippen molar-refractivity contribution in [1.29, 1.82) is 0 Å². The van der Waals surface area contributed by atoms with Crippen LogP contribution in [0.5, 0.6) is 5.75 Å². The van der Waals surface area contributed by atoms with Gasteiger partial charge >= 0.3 is 6.09 Å². The summed E-state index contributed by atoms with van der Waals surface area (Å²) in [5.41, 5.74) is -0.400. The highest BCUT2D eigenvalue weighted by Gasteiger charge is 2.42. The predicted octanol–water partition coefficient (Wildman–Crippen LogP) is 6.16. The third-order valence-corrected chi connectivity index (χ3v) is 6.59. The fraction of sp³-hybridized carbons (Fsp3) is 0.387. The van der Waals surface area contributed by atoms with Crippen LogP contribution in [0.25, 0.3) is 10.8 Å². The van der Waals surface area contributed by atoms with Crippen molar-refractivity contribution in [2.75, 3.05) is 5.32 Å². The van der Waals surface area contributed by atoms with E-state index in [-0.39, 0.29) is 5.75 Å². The molecule has 0 saturated carbocycles. The Morgan fingerprint density at radius 1 is 0.923 bits per heavy atom. The molecule has 2 atom stereocenters. The van der Waals surface area contributed by atoms with Crippen LogP contribution in [0.4, 0.5) is 10.5 Å². The van der Waals surface area contributed by atoms with Crippen molar-refractivity contribution < 1.29 is 24.2 Å². The van der Waals surface area contributed by atoms with Crippen LogP contribution < -0.4 is 10.6 Å². The highest BCUT2D eigenvalue weighted by atomic mass is 16.6. The summed E-state index contributed by atoms with van der Waals surface area (Å²) in [6.45, 7) is 12.5. The Morgan fingerprint density at radius 3 is 2.13 bits per heavy atom. The largest absolute Gasteiger partial charge is 0.508 e. The van der Waals surface area contributed by atoms with Gasteiger partial charge in [-0.15, -0.1) is 0 Å². The van der Waals surface area contributed by atoms with Gasteiger partial charge in [0.15, 0.2) is 0 Å². The third kappa shape index (κ3) is 7.50.